The average Bonchev–Trinajstić information content (AvgIpc) is 2.50. The Kier molecular flexibility index (Phi) is 3.67. The van der Waals surface area contributed by atoms with Gasteiger partial charge in [0.2, 0.25) is 5.91 Å². The minimum absolute atomic E-state index is 0.00230. The molecule has 2 N–H and O–H groups in total. The van der Waals surface area contributed by atoms with E-state index >= 15 is 0 Å². The van der Waals surface area contributed by atoms with Gasteiger partial charge >= 0.3 is 0 Å². The zero-order valence-corrected chi connectivity index (χ0v) is 9.96. The van der Waals surface area contributed by atoms with Crippen molar-refractivity contribution in [1.82, 2.24) is 10.2 Å². The number of carbonyl (C=O) groups is 1. The summed E-state index contributed by atoms with van der Waals surface area (Å²) in [6, 6.07) is 2.01. The normalized spacial score (nSPS) is 12.2. The van der Waals surface area contributed by atoms with Gasteiger partial charge in [-0.2, -0.15) is 10.4 Å². The fourth-order valence-corrected chi connectivity index (χ4v) is 1.45. The second-order valence-corrected chi connectivity index (χ2v) is 4.15. The van der Waals surface area contributed by atoms with E-state index in [1.165, 1.54) is 0 Å². The lowest BCUT2D eigenvalue weighted by Crippen LogP contribution is -2.26. The van der Waals surface area contributed by atoms with E-state index in [2.05, 4.69) is 15.5 Å². The Bertz CT molecular complexity index is 408. The van der Waals surface area contributed by atoms with Crippen LogP contribution in [0.5, 0.6) is 0 Å². The summed E-state index contributed by atoms with van der Waals surface area (Å²) in [4.78, 5) is 11.8. The molecule has 0 saturated carbocycles. The molecule has 0 spiro atoms. The van der Waals surface area contributed by atoms with Gasteiger partial charge in [-0.3, -0.25) is 9.89 Å². The summed E-state index contributed by atoms with van der Waals surface area (Å²) >= 11 is 0. The van der Waals surface area contributed by atoms with Gasteiger partial charge in [-0.05, 0) is 19.8 Å². The van der Waals surface area contributed by atoms with Crippen LogP contribution in [0.2, 0.25) is 0 Å². The van der Waals surface area contributed by atoms with Crippen molar-refractivity contribution < 1.29 is 4.79 Å². The van der Waals surface area contributed by atoms with Crippen LogP contribution in [0, 0.1) is 37.0 Å². The van der Waals surface area contributed by atoms with E-state index < -0.39 is 5.92 Å². The quantitative estimate of drug-likeness (QED) is 0.814. The smallest absolute Gasteiger partial charge is 0.242 e. The molecule has 1 unspecified atom stereocenters. The Hall–Kier alpha value is -1.83. The highest BCUT2D eigenvalue weighted by atomic mass is 16.1. The number of nitriles is 1. The van der Waals surface area contributed by atoms with Gasteiger partial charge in [0.1, 0.15) is 5.92 Å². The molecule has 0 aliphatic carbocycles. The summed E-state index contributed by atoms with van der Waals surface area (Å²) in [6.07, 6.45) is 0. The van der Waals surface area contributed by atoms with Crippen molar-refractivity contribution >= 4 is 11.6 Å². The summed E-state index contributed by atoms with van der Waals surface area (Å²) in [7, 11) is 0. The van der Waals surface area contributed by atoms with Gasteiger partial charge in [0.15, 0.2) is 0 Å². The van der Waals surface area contributed by atoms with Gasteiger partial charge < -0.3 is 5.32 Å². The molecule has 0 saturated heterocycles. The lowest BCUT2D eigenvalue weighted by molar-refractivity contribution is -0.119. The van der Waals surface area contributed by atoms with Gasteiger partial charge in [0.25, 0.3) is 0 Å². The number of amides is 1. The number of H-pyrrole nitrogens is 1. The van der Waals surface area contributed by atoms with Gasteiger partial charge in [0.05, 0.1) is 23.1 Å². The molecule has 5 nitrogen and oxygen atoms in total. The summed E-state index contributed by atoms with van der Waals surface area (Å²) in [5.41, 5.74) is 2.20. The van der Waals surface area contributed by atoms with E-state index in [0.29, 0.717) is 5.69 Å². The molecule has 1 atom stereocenters. The minimum Gasteiger partial charge on any atom is -0.322 e. The predicted octanol–water partition coefficient (Wildman–Crippen LogP) is 1.76. The number of nitrogens with zero attached hydrogens (tertiary/aromatic N) is 2. The number of hydrogen-bond acceptors (Lipinski definition) is 3. The molecular formula is C11H16N4O. The fourth-order valence-electron chi connectivity index (χ4n) is 1.45. The Morgan fingerprint density at radius 1 is 1.50 bits per heavy atom. The highest BCUT2D eigenvalue weighted by Gasteiger charge is 2.23. The first kappa shape index (κ1) is 12.2. The number of anilines is 1. The summed E-state index contributed by atoms with van der Waals surface area (Å²) in [6.45, 7) is 7.33. The van der Waals surface area contributed by atoms with Crippen LogP contribution in [0.15, 0.2) is 0 Å². The number of aromatic nitrogens is 2. The molecule has 1 aromatic heterocycles. The van der Waals surface area contributed by atoms with Gasteiger partial charge in [-0.1, -0.05) is 13.8 Å². The number of carbonyl (C=O) groups excluding carboxylic acids is 1. The van der Waals surface area contributed by atoms with Gasteiger partial charge in [-0.25, -0.2) is 0 Å². The molecule has 16 heavy (non-hydrogen) atoms. The zero-order valence-electron chi connectivity index (χ0n) is 9.96. The van der Waals surface area contributed by atoms with Crippen LogP contribution >= 0.6 is 0 Å². The van der Waals surface area contributed by atoms with Crippen LogP contribution in [0.1, 0.15) is 25.2 Å². The maximum absolute atomic E-state index is 11.8. The Labute approximate surface area is 94.9 Å². The van der Waals surface area contributed by atoms with Crippen molar-refractivity contribution in [3.63, 3.8) is 0 Å². The number of hydrogen-bond donors (Lipinski definition) is 2. The van der Waals surface area contributed by atoms with E-state index in [1.807, 2.05) is 26.8 Å². The van der Waals surface area contributed by atoms with E-state index in [-0.39, 0.29) is 11.8 Å². The molecule has 1 rings (SSSR count). The van der Waals surface area contributed by atoms with Crippen molar-refractivity contribution in [2.45, 2.75) is 27.7 Å². The topological polar surface area (TPSA) is 81.6 Å². The molecule has 1 heterocycles. The molecule has 0 aromatic carbocycles. The van der Waals surface area contributed by atoms with Crippen molar-refractivity contribution in [3.05, 3.63) is 11.4 Å². The number of aromatic amines is 1. The van der Waals surface area contributed by atoms with E-state index in [1.54, 1.807) is 6.92 Å². The van der Waals surface area contributed by atoms with Crippen LogP contribution in [-0.2, 0) is 4.79 Å². The number of nitrogens with one attached hydrogen (secondary N) is 2. The first-order chi connectivity index (χ1) is 7.47. The monoisotopic (exact) mass is 220 g/mol. The minimum atomic E-state index is -0.631. The Balaban J connectivity index is 2.83. The highest BCUT2D eigenvalue weighted by Crippen LogP contribution is 2.19. The molecule has 0 fully saturated rings. The molecule has 86 valence electrons. The van der Waals surface area contributed by atoms with E-state index in [9.17, 15) is 4.79 Å². The molecule has 1 aromatic rings. The summed E-state index contributed by atoms with van der Waals surface area (Å²) in [5.74, 6) is -0.906. The average molecular weight is 220 g/mol. The van der Waals surface area contributed by atoms with Crippen LogP contribution in [-0.4, -0.2) is 16.1 Å². The van der Waals surface area contributed by atoms with Gasteiger partial charge in [-0.15, -0.1) is 0 Å². The summed E-state index contributed by atoms with van der Waals surface area (Å²) < 4.78 is 0. The van der Waals surface area contributed by atoms with Crippen LogP contribution < -0.4 is 5.32 Å². The highest BCUT2D eigenvalue weighted by molar-refractivity contribution is 5.95. The van der Waals surface area contributed by atoms with E-state index in [0.717, 1.165) is 11.4 Å². The lowest BCUT2D eigenvalue weighted by atomic mass is 9.96. The third-order valence-electron chi connectivity index (χ3n) is 2.46. The molecular weight excluding hydrogens is 204 g/mol. The molecule has 0 radical (unpaired) electrons. The lowest BCUT2D eigenvalue weighted by Gasteiger charge is -2.12. The zero-order chi connectivity index (χ0) is 12.3. The predicted molar refractivity (Wildman–Crippen MR) is 60.6 cm³/mol. The van der Waals surface area contributed by atoms with Crippen molar-refractivity contribution in [1.29, 1.82) is 5.26 Å². The van der Waals surface area contributed by atoms with Gasteiger partial charge in [0, 0.05) is 0 Å². The third kappa shape index (κ3) is 2.40. The molecule has 5 heteroatoms. The van der Waals surface area contributed by atoms with Crippen LogP contribution in [0.4, 0.5) is 5.69 Å². The maximum atomic E-state index is 11.8. The molecule has 0 aliphatic rings. The standard InChI is InChI=1S/C11H16N4O/c1-6(2)9(5-12)11(16)13-10-7(3)14-15-8(10)4/h6,9H,1-4H3,(H,13,16)(H,14,15). The molecule has 1 amide bonds. The number of rotatable bonds is 3. The van der Waals surface area contributed by atoms with E-state index in [4.69, 9.17) is 5.26 Å². The third-order valence-corrected chi connectivity index (χ3v) is 2.46. The van der Waals surface area contributed by atoms with Crippen molar-refractivity contribution in [3.8, 4) is 6.07 Å². The largest absolute Gasteiger partial charge is 0.322 e. The molecule has 0 bridgehead atoms. The van der Waals surface area contributed by atoms with Crippen LogP contribution in [0.3, 0.4) is 0 Å². The maximum Gasteiger partial charge on any atom is 0.242 e. The van der Waals surface area contributed by atoms with Crippen molar-refractivity contribution in [2.24, 2.45) is 11.8 Å². The molecule has 0 aliphatic heterocycles. The second kappa shape index (κ2) is 4.79. The SMILES string of the molecule is Cc1n[nH]c(C)c1NC(=O)C(C#N)C(C)C. The number of aryl methyl sites for hydroxylation is 2. The fraction of sp³-hybridized carbons (Fsp3) is 0.545. The Morgan fingerprint density at radius 2 is 2.12 bits per heavy atom. The second-order valence-electron chi connectivity index (χ2n) is 4.15. The van der Waals surface area contributed by atoms with Crippen LogP contribution in [0.25, 0.3) is 0 Å². The van der Waals surface area contributed by atoms with Crippen molar-refractivity contribution in [2.75, 3.05) is 5.32 Å². The first-order valence-electron chi connectivity index (χ1n) is 5.19. The first-order valence-corrected chi connectivity index (χ1v) is 5.19. The summed E-state index contributed by atoms with van der Waals surface area (Å²) in [5, 5.41) is 18.4. The Morgan fingerprint density at radius 3 is 2.50 bits per heavy atom.